The highest BCUT2D eigenvalue weighted by molar-refractivity contribution is 5.79. The van der Waals surface area contributed by atoms with Gasteiger partial charge in [-0.05, 0) is 49.6 Å². The summed E-state index contributed by atoms with van der Waals surface area (Å²) in [5, 5.41) is 1.14. The minimum Gasteiger partial charge on any atom is -0.324 e. The lowest BCUT2D eigenvalue weighted by molar-refractivity contribution is 0.722. The number of rotatable bonds is 3. The van der Waals surface area contributed by atoms with Crippen LogP contribution in [0.3, 0.4) is 0 Å². The van der Waals surface area contributed by atoms with Gasteiger partial charge >= 0.3 is 0 Å². The summed E-state index contributed by atoms with van der Waals surface area (Å²) < 4.78 is 0. The molecule has 0 amide bonds. The molecule has 106 valence electrons. The molecule has 21 heavy (non-hydrogen) atoms. The third kappa shape index (κ3) is 3.11. The molecule has 1 unspecified atom stereocenters. The van der Waals surface area contributed by atoms with Crippen molar-refractivity contribution in [2.24, 2.45) is 5.73 Å². The monoisotopic (exact) mass is 276 g/mol. The average Bonchev–Trinajstić information content (AvgIpc) is 2.45. The molecular weight excluding hydrogens is 256 g/mol. The van der Waals surface area contributed by atoms with Crippen molar-refractivity contribution < 1.29 is 0 Å². The molecular formula is C19H20N2. The Morgan fingerprint density at radius 3 is 2.52 bits per heavy atom. The van der Waals surface area contributed by atoms with E-state index in [9.17, 15) is 0 Å². The predicted octanol–water partition coefficient (Wildman–Crippen LogP) is 4.09. The minimum absolute atomic E-state index is 0.0100. The van der Waals surface area contributed by atoms with Gasteiger partial charge in [-0.25, -0.2) is 0 Å². The second-order valence-corrected chi connectivity index (χ2v) is 5.76. The van der Waals surface area contributed by atoms with Gasteiger partial charge in [-0.3, -0.25) is 4.98 Å². The Morgan fingerprint density at radius 1 is 1.00 bits per heavy atom. The largest absolute Gasteiger partial charge is 0.324 e. The molecule has 0 saturated carbocycles. The molecule has 0 aliphatic rings. The zero-order valence-corrected chi connectivity index (χ0v) is 12.5. The highest BCUT2D eigenvalue weighted by atomic mass is 14.7. The average molecular weight is 276 g/mol. The van der Waals surface area contributed by atoms with Gasteiger partial charge in [0.2, 0.25) is 0 Å². The number of hydrogen-bond donors (Lipinski definition) is 1. The van der Waals surface area contributed by atoms with Crippen molar-refractivity contribution in [1.29, 1.82) is 0 Å². The van der Waals surface area contributed by atoms with Gasteiger partial charge in [-0.1, -0.05) is 41.5 Å². The van der Waals surface area contributed by atoms with E-state index in [0.717, 1.165) is 22.9 Å². The Balaban J connectivity index is 1.87. The minimum atomic E-state index is 0.0100. The summed E-state index contributed by atoms with van der Waals surface area (Å²) >= 11 is 0. The van der Waals surface area contributed by atoms with Crippen LogP contribution in [0.5, 0.6) is 0 Å². The molecule has 2 heteroatoms. The zero-order valence-electron chi connectivity index (χ0n) is 12.5. The van der Waals surface area contributed by atoms with E-state index in [0.29, 0.717) is 0 Å². The molecule has 2 aromatic carbocycles. The van der Waals surface area contributed by atoms with Crippen LogP contribution in [0.25, 0.3) is 10.9 Å². The van der Waals surface area contributed by atoms with E-state index < -0.39 is 0 Å². The lowest BCUT2D eigenvalue weighted by atomic mass is 9.96. The fraction of sp³-hybridized carbons (Fsp3) is 0.211. The van der Waals surface area contributed by atoms with E-state index in [-0.39, 0.29) is 6.04 Å². The van der Waals surface area contributed by atoms with Gasteiger partial charge in [0.15, 0.2) is 0 Å². The molecule has 0 aliphatic heterocycles. The molecule has 3 aromatic rings. The zero-order chi connectivity index (χ0) is 14.8. The standard InChI is InChI=1S/C19H20N2/c1-13-8-14(2)10-15(9-13)11-18(20)16-5-6-19-17(12-16)4-3-7-21-19/h3-10,12,18H,11,20H2,1-2H3. The van der Waals surface area contributed by atoms with Crippen molar-refractivity contribution in [3.05, 3.63) is 77.0 Å². The van der Waals surface area contributed by atoms with Gasteiger partial charge in [0, 0.05) is 17.6 Å². The molecule has 1 heterocycles. The molecule has 0 spiro atoms. The number of aryl methyl sites for hydroxylation is 2. The van der Waals surface area contributed by atoms with Crippen molar-refractivity contribution in [2.45, 2.75) is 26.3 Å². The first-order valence-corrected chi connectivity index (χ1v) is 7.29. The summed E-state index contributed by atoms with van der Waals surface area (Å²) in [5.74, 6) is 0. The summed E-state index contributed by atoms with van der Waals surface area (Å²) in [6, 6.07) is 17.0. The first-order chi connectivity index (χ1) is 10.1. The molecule has 0 fully saturated rings. The second-order valence-electron chi connectivity index (χ2n) is 5.76. The second kappa shape index (κ2) is 5.66. The topological polar surface area (TPSA) is 38.9 Å². The van der Waals surface area contributed by atoms with Crippen LogP contribution in [-0.2, 0) is 6.42 Å². The number of nitrogens with two attached hydrogens (primary N) is 1. The lowest BCUT2D eigenvalue weighted by Gasteiger charge is -2.14. The Labute approximate surface area is 125 Å². The maximum absolute atomic E-state index is 6.40. The van der Waals surface area contributed by atoms with Crippen molar-refractivity contribution in [1.82, 2.24) is 4.98 Å². The van der Waals surface area contributed by atoms with Crippen LogP contribution >= 0.6 is 0 Å². The van der Waals surface area contributed by atoms with Crippen molar-refractivity contribution in [2.75, 3.05) is 0 Å². The smallest absolute Gasteiger partial charge is 0.0702 e. The van der Waals surface area contributed by atoms with Crippen LogP contribution in [0.15, 0.2) is 54.7 Å². The van der Waals surface area contributed by atoms with Gasteiger partial charge in [0.25, 0.3) is 0 Å². The molecule has 0 bridgehead atoms. The fourth-order valence-electron chi connectivity index (χ4n) is 2.88. The van der Waals surface area contributed by atoms with E-state index in [2.05, 4.69) is 55.2 Å². The number of benzene rings is 2. The summed E-state index contributed by atoms with van der Waals surface area (Å²) in [7, 11) is 0. The molecule has 3 rings (SSSR count). The highest BCUT2D eigenvalue weighted by Crippen LogP contribution is 2.21. The van der Waals surface area contributed by atoms with E-state index in [4.69, 9.17) is 5.73 Å². The van der Waals surface area contributed by atoms with E-state index in [1.165, 1.54) is 16.7 Å². The Bertz CT molecular complexity index is 757. The number of aromatic nitrogens is 1. The van der Waals surface area contributed by atoms with Crippen LogP contribution < -0.4 is 5.73 Å². The fourth-order valence-corrected chi connectivity index (χ4v) is 2.88. The number of fused-ring (bicyclic) bond motifs is 1. The van der Waals surface area contributed by atoms with Crippen LogP contribution in [0.1, 0.15) is 28.3 Å². The van der Waals surface area contributed by atoms with E-state index in [1.54, 1.807) is 0 Å². The summed E-state index contributed by atoms with van der Waals surface area (Å²) in [6.45, 7) is 4.26. The van der Waals surface area contributed by atoms with Gasteiger partial charge in [0.1, 0.15) is 0 Å². The molecule has 1 atom stereocenters. The quantitative estimate of drug-likeness (QED) is 0.782. The summed E-state index contributed by atoms with van der Waals surface area (Å²) in [6.07, 6.45) is 2.67. The summed E-state index contributed by atoms with van der Waals surface area (Å²) in [4.78, 5) is 4.35. The first kappa shape index (κ1) is 13.8. The molecule has 2 nitrogen and oxygen atoms in total. The number of pyridine rings is 1. The van der Waals surface area contributed by atoms with Gasteiger partial charge in [0.05, 0.1) is 5.52 Å². The highest BCUT2D eigenvalue weighted by Gasteiger charge is 2.09. The Morgan fingerprint density at radius 2 is 1.76 bits per heavy atom. The Hall–Kier alpha value is -2.19. The molecule has 0 radical (unpaired) electrons. The third-order valence-corrected chi connectivity index (χ3v) is 3.79. The molecule has 0 saturated heterocycles. The number of nitrogens with zero attached hydrogens (tertiary/aromatic N) is 1. The van der Waals surface area contributed by atoms with Crippen molar-refractivity contribution in [3.8, 4) is 0 Å². The van der Waals surface area contributed by atoms with E-state index in [1.807, 2.05) is 18.3 Å². The van der Waals surface area contributed by atoms with Crippen LogP contribution in [0, 0.1) is 13.8 Å². The lowest BCUT2D eigenvalue weighted by Crippen LogP contribution is -2.13. The van der Waals surface area contributed by atoms with Crippen LogP contribution in [0.4, 0.5) is 0 Å². The predicted molar refractivity (Wildman–Crippen MR) is 88.3 cm³/mol. The molecule has 1 aromatic heterocycles. The van der Waals surface area contributed by atoms with Crippen molar-refractivity contribution in [3.63, 3.8) is 0 Å². The summed E-state index contributed by atoms with van der Waals surface area (Å²) in [5.41, 5.74) is 12.5. The Kier molecular flexibility index (Phi) is 3.72. The molecule has 2 N–H and O–H groups in total. The van der Waals surface area contributed by atoms with Gasteiger partial charge < -0.3 is 5.73 Å². The normalized spacial score (nSPS) is 12.5. The third-order valence-electron chi connectivity index (χ3n) is 3.79. The number of hydrogen-bond acceptors (Lipinski definition) is 2. The van der Waals surface area contributed by atoms with Gasteiger partial charge in [-0.15, -0.1) is 0 Å². The van der Waals surface area contributed by atoms with Crippen LogP contribution in [0.2, 0.25) is 0 Å². The first-order valence-electron chi connectivity index (χ1n) is 7.29. The van der Waals surface area contributed by atoms with E-state index >= 15 is 0 Å². The van der Waals surface area contributed by atoms with Crippen LogP contribution in [-0.4, -0.2) is 4.98 Å². The van der Waals surface area contributed by atoms with Gasteiger partial charge in [-0.2, -0.15) is 0 Å². The SMILES string of the molecule is Cc1cc(C)cc(CC(N)c2ccc3ncccc3c2)c1. The molecule has 0 aliphatic carbocycles. The maximum Gasteiger partial charge on any atom is 0.0702 e. The van der Waals surface area contributed by atoms with Crippen molar-refractivity contribution >= 4 is 10.9 Å². The maximum atomic E-state index is 6.40.